The molecule has 0 spiro atoms. The number of piperidine rings is 1. The van der Waals surface area contributed by atoms with E-state index in [4.69, 9.17) is 0 Å². The van der Waals surface area contributed by atoms with E-state index in [1.54, 1.807) is 6.20 Å². The van der Waals surface area contributed by atoms with Gasteiger partial charge in [-0.05, 0) is 56.0 Å². The van der Waals surface area contributed by atoms with Gasteiger partial charge in [0.15, 0.2) is 0 Å². The molecule has 0 aliphatic carbocycles. The predicted molar refractivity (Wildman–Crippen MR) is 119 cm³/mol. The molecule has 1 unspecified atom stereocenters. The number of hydrogen-bond acceptors (Lipinski definition) is 4. The van der Waals surface area contributed by atoms with Gasteiger partial charge in [-0.3, -0.25) is 4.79 Å². The van der Waals surface area contributed by atoms with Crippen LogP contribution in [0.1, 0.15) is 62.5 Å². The van der Waals surface area contributed by atoms with Crippen LogP contribution in [0.25, 0.3) is 0 Å². The summed E-state index contributed by atoms with van der Waals surface area (Å²) in [5.41, 5.74) is 1.37. The molecule has 3 heterocycles. The normalized spacial score (nSPS) is 23.6. The van der Waals surface area contributed by atoms with Crippen LogP contribution in [0.2, 0.25) is 0 Å². The number of carbonyl (C=O) groups is 1. The second kappa shape index (κ2) is 8.60. The van der Waals surface area contributed by atoms with Gasteiger partial charge in [0.25, 0.3) is 5.91 Å². The molecule has 2 bridgehead atoms. The highest BCUT2D eigenvalue weighted by molar-refractivity contribution is 7.89. The summed E-state index contributed by atoms with van der Waals surface area (Å²) in [5, 5.41) is 3.04. The Morgan fingerprint density at radius 2 is 1.68 bits per heavy atom. The number of aromatic nitrogens is 1. The lowest BCUT2D eigenvalue weighted by Crippen LogP contribution is -2.52. The van der Waals surface area contributed by atoms with Crippen molar-refractivity contribution in [1.29, 1.82) is 0 Å². The average molecular weight is 500 g/mol. The summed E-state index contributed by atoms with van der Waals surface area (Å²) in [6.45, 7) is 6.14. The van der Waals surface area contributed by atoms with Gasteiger partial charge in [0, 0.05) is 35.4 Å². The van der Waals surface area contributed by atoms with Crippen molar-refractivity contribution in [3.8, 4) is 5.75 Å². The van der Waals surface area contributed by atoms with Gasteiger partial charge in [-0.2, -0.15) is 4.31 Å². The zero-order valence-corrected chi connectivity index (χ0v) is 20.0. The first-order valence-corrected chi connectivity index (χ1v) is 12.6. The number of sulfonamides is 1. The fourth-order valence-electron chi connectivity index (χ4n) is 4.81. The number of aromatic amines is 1. The van der Waals surface area contributed by atoms with Gasteiger partial charge >= 0.3 is 6.36 Å². The monoisotopic (exact) mass is 499 g/mol. The van der Waals surface area contributed by atoms with E-state index in [9.17, 15) is 26.4 Å². The lowest BCUT2D eigenvalue weighted by Gasteiger charge is -2.38. The number of carbonyl (C=O) groups excluding carboxylic acids is 1. The van der Waals surface area contributed by atoms with E-state index in [0.29, 0.717) is 31.2 Å². The third-order valence-corrected chi connectivity index (χ3v) is 8.41. The number of benzene rings is 1. The maximum absolute atomic E-state index is 13.3. The van der Waals surface area contributed by atoms with Crippen molar-refractivity contribution >= 4 is 15.9 Å². The molecule has 11 heteroatoms. The van der Waals surface area contributed by atoms with Crippen LogP contribution >= 0.6 is 0 Å². The second-order valence-electron chi connectivity index (χ2n) is 9.93. The molecule has 7 nitrogen and oxygen atoms in total. The number of fused-ring (bicyclic) bond motifs is 2. The van der Waals surface area contributed by atoms with Gasteiger partial charge in [0.05, 0.1) is 10.5 Å². The minimum absolute atomic E-state index is 0.0801. The third-order valence-electron chi connectivity index (χ3n) is 6.39. The molecule has 2 aliphatic rings. The first kappa shape index (κ1) is 24.6. The van der Waals surface area contributed by atoms with Gasteiger partial charge in [-0.1, -0.05) is 20.8 Å². The van der Waals surface area contributed by atoms with Crippen molar-refractivity contribution in [1.82, 2.24) is 14.6 Å². The van der Waals surface area contributed by atoms with Crippen LogP contribution in [0.4, 0.5) is 13.2 Å². The van der Waals surface area contributed by atoms with Crippen molar-refractivity contribution in [2.45, 2.75) is 81.3 Å². The maximum atomic E-state index is 13.3. The molecule has 2 fully saturated rings. The molecule has 0 saturated carbocycles. The Bertz CT molecular complexity index is 1140. The second-order valence-corrected chi connectivity index (χ2v) is 11.8. The van der Waals surface area contributed by atoms with Gasteiger partial charge in [0.1, 0.15) is 5.75 Å². The van der Waals surface area contributed by atoms with Gasteiger partial charge < -0.3 is 15.0 Å². The average Bonchev–Trinajstić information content (AvgIpc) is 3.31. The Labute approximate surface area is 196 Å². The van der Waals surface area contributed by atoms with Crippen LogP contribution in [0.5, 0.6) is 5.75 Å². The zero-order chi connectivity index (χ0) is 24.9. The lowest BCUT2D eigenvalue weighted by molar-refractivity contribution is -0.274. The fourth-order valence-corrected chi connectivity index (χ4v) is 6.70. The number of alkyl halides is 3. The van der Waals surface area contributed by atoms with Crippen LogP contribution in [0.15, 0.2) is 41.4 Å². The van der Waals surface area contributed by atoms with Gasteiger partial charge in [-0.25, -0.2) is 8.42 Å². The van der Waals surface area contributed by atoms with Gasteiger partial charge in [-0.15, -0.1) is 13.2 Å². The molecule has 3 atom stereocenters. The smallest absolute Gasteiger partial charge is 0.406 e. The molecule has 2 N–H and O–H groups in total. The molecule has 2 aliphatic heterocycles. The molecular formula is C23H28F3N3O4S. The Morgan fingerprint density at radius 1 is 1.09 bits per heavy atom. The SMILES string of the molecule is CC(C)(C)c1cc(C(=O)NC2C[C@H]3CC[C@@H](C2)N3S(=O)(=O)c2ccc(OC(F)(F)F)cc2)c[nH]1. The van der Waals surface area contributed by atoms with Crippen molar-refractivity contribution in [3.05, 3.63) is 47.8 Å². The summed E-state index contributed by atoms with van der Waals surface area (Å²) in [5.74, 6) is -0.678. The van der Waals surface area contributed by atoms with Crippen molar-refractivity contribution < 1.29 is 31.1 Å². The predicted octanol–water partition coefficient (Wildman–Crippen LogP) is 4.32. The highest BCUT2D eigenvalue weighted by atomic mass is 32.2. The summed E-state index contributed by atoms with van der Waals surface area (Å²) < 4.78 is 69.0. The highest BCUT2D eigenvalue weighted by Gasteiger charge is 2.47. The van der Waals surface area contributed by atoms with E-state index >= 15 is 0 Å². The van der Waals surface area contributed by atoms with Gasteiger partial charge in [0.2, 0.25) is 10.0 Å². The fraction of sp³-hybridized carbons (Fsp3) is 0.522. The number of nitrogens with one attached hydrogen (secondary N) is 2. The third kappa shape index (κ3) is 5.10. The van der Waals surface area contributed by atoms with Crippen LogP contribution in [-0.2, 0) is 15.4 Å². The zero-order valence-electron chi connectivity index (χ0n) is 19.1. The van der Waals surface area contributed by atoms with Crippen molar-refractivity contribution in [2.24, 2.45) is 0 Å². The van der Waals surface area contributed by atoms with Crippen LogP contribution in [0, 0.1) is 0 Å². The number of H-pyrrole nitrogens is 1. The highest BCUT2D eigenvalue weighted by Crippen LogP contribution is 2.40. The van der Waals surface area contributed by atoms with E-state index in [1.165, 1.54) is 4.31 Å². The van der Waals surface area contributed by atoms with Crippen LogP contribution < -0.4 is 10.1 Å². The van der Waals surface area contributed by atoms with E-state index < -0.39 is 22.1 Å². The summed E-state index contributed by atoms with van der Waals surface area (Å²) in [6.07, 6.45) is -0.870. The summed E-state index contributed by atoms with van der Waals surface area (Å²) in [6, 6.07) is 5.36. The number of amides is 1. The maximum Gasteiger partial charge on any atom is 0.573 e. The summed E-state index contributed by atoms with van der Waals surface area (Å²) in [4.78, 5) is 15.8. The van der Waals surface area contributed by atoms with Crippen molar-refractivity contribution in [2.75, 3.05) is 0 Å². The molecular weight excluding hydrogens is 471 g/mol. The molecule has 1 aromatic heterocycles. The Kier molecular flexibility index (Phi) is 6.22. The van der Waals surface area contributed by atoms with E-state index in [-0.39, 0.29) is 34.3 Å². The lowest BCUT2D eigenvalue weighted by atomic mass is 9.92. The Morgan fingerprint density at radius 3 is 2.18 bits per heavy atom. The number of hydrogen-bond donors (Lipinski definition) is 2. The molecule has 34 heavy (non-hydrogen) atoms. The van der Waals surface area contributed by atoms with E-state index in [1.807, 2.05) is 26.8 Å². The summed E-state index contributed by atoms with van der Waals surface area (Å²) in [7, 11) is -3.90. The molecule has 186 valence electrons. The summed E-state index contributed by atoms with van der Waals surface area (Å²) >= 11 is 0. The molecule has 0 radical (unpaired) electrons. The largest absolute Gasteiger partial charge is 0.573 e. The first-order chi connectivity index (χ1) is 15.7. The number of halogens is 3. The van der Waals surface area contributed by atoms with Crippen LogP contribution in [-0.4, -0.2) is 48.1 Å². The minimum atomic E-state index is -4.85. The number of rotatable bonds is 5. The Hall–Kier alpha value is -2.53. The number of ether oxygens (including phenoxy) is 1. The first-order valence-electron chi connectivity index (χ1n) is 11.1. The quantitative estimate of drug-likeness (QED) is 0.641. The van der Waals surface area contributed by atoms with Crippen molar-refractivity contribution in [3.63, 3.8) is 0 Å². The molecule has 2 saturated heterocycles. The van der Waals surface area contributed by atoms with Crippen LogP contribution in [0.3, 0.4) is 0 Å². The topological polar surface area (TPSA) is 91.5 Å². The number of nitrogens with zero attached hydrogens (tertiary/aromatic N) is 1. The molecule has 2 aromatic rings. The van der Waals surface area contributed by atoms with E-state index in [0.717, 1.165) is 30.0 Å². The van der Waals surface area contributed by atoms with E-state index in [2.05, 4.69) is 15.0 Å². The molecule has 1 amide bonds. The molecule has 4 rings (SSSR count). The minimum Gasteiger partial charge on any atom is -0.406 e. The standard InChI is InChI=1S/C23H28F3N3O4S/c1-22(2,3)20-10-14(13-27-20)21(30)28-15-11-16-4-5-17(12-15)29(16)34(31,32)19-8-6-18(7-9-19)33-23(24,25)26/h6-10,13,15-17,27H,4-5,11-12H2,1-3H3,(H,28,30)/t15?,16-,17+. The molecule has 1 aromatic carbocycles. The Balaban J connectivity index is 1.43.